The van der Waals surface area contributed by atoms with Gasteiger partial charge >= 0.3 is 0 Å². The molecule has 0 atom stereocenters. The molecule has 4 nitrogen and oxygen atoms in total. The van der Waals surface area contributed by atoms with Gasteiger partial charge in [0.2, 0.25) is 0 Å². The van der Waals surface area contributed by atoms with Crippen LogP contribution in [-0.2, 0) is 11.2 Å². The molecule has 0 aliphatic carbocycles. The van der Waals surface area contributed by atoms with Crippen molar-refractivity contribution in [2.45, 2.75) is 19.8 Å². The second kappa shape index (κ2) is 3.80. The molecule has 1 aromatic heterocycles. The van der Waals surface area contributed by atoms with Crippen molar-refractivity contribution in [1.29, 1.82) is 0 Å². The third-order valence-electron chi connectivity index (χ3n) is 1.47. The highest BCUT2D eigenvalue weighted by molar-refractivity contribution is 5.75. The molecule has 1 heterocycles. The fourth-order valence-electron chi connectivity index (χ4n) is 0.850. The molecule has 0 fully saturated rings. The molecule has 12 heavy (non-hydrogen) atoms. The predicted octanol–water partition coefficient (Wildman–Crippen LogP) is 0.291. The van der Waals surface area contributed by atoms with Crippen LogP contribution in [0.25, 0.3) is 0 Å². The van der Waals surface area contributed by atoms with Crippen LogP contribution in [0.15, 0.2) is 17.2 Å². The minimum absolute atomic E-state index is 0.108. The van der Waals surface area contributed by atoms with E-state index in [2.05, 4.69) is 9.97 Å². The van der Waals surface area contributed by atoms with Crippen molar-refractivity contribution in [3.8, 4) is 0 Å². The second-order valence-electron chi connectivity index (χ2n) is 2.60. The maximum atomic E-state index is 10.8. The van der Waals surface area contributed by atoms with E-state index in [0.29, 0.717) is 18.5 Å². The summed E-state index contributed by atoms with van der Waals surface area (Å²) in [4.78, 5) is 27.7. The van der Waals surface area contributed by atoms with Gasteiger partial charge in [0.25, 0.3) is 5.56 Å². The number of hydrogen-bond acceptors (Lipinski definition) is 3. The Hall–Kier alpha value is -1.45. The molecule has 4 heteroatoms. The van der Waals surface area contributed by atoms with Gasteiger partial charge < -0.3 is 9.78 Å². The van der Waals surface area contributed by atoms with Crippen LogP contribution in [0.5, 0.6) is 0 Å². The highest BCUT2D eigenvalue weighted by Gasteiger charge is 1.97. The number of Topliss-reactive ketones (excluding diaryl/α,β-unsaturated/α-hetero) is 1. The Morgan fingerprint density at radius 1 is 1.67 bits per heavy atom. The summed E-state index contributed by atoms with van der Waals surface area (Å²) >= 11 is 0. The Labute approximate surface area is 69.7 Å². The SMILES string of the molecule is CC(=O)CCc1cc(=O)[nH]cn1. The predicted molar refractivity (Wildman–Crippen MR) is 43.9 cm³/mol. The molecule has 0 spiro atoms. The van der Waals surface area contributed by atoms with E-state index in [9.17, 15) is 9.59 Å². The van der Waals surface area contributed by atoms with Gasteiger partial charge in [0.1, 0.15) is 5.78 Å². The summed E-state index contributed by atoms with van der Waals surface area (Å²) in [6.45, 7) is 1.52. The average molecular weight is 166 g/mol. The van der Waals surface area contributed by atoms with Gasteiger partial charge in [0, 0.05) is 18.2 Å². The summed E-state index contributed by atoms with van der Waals surface area (Å²) < 4.78 is 0. The summed E-state index contributed by atoms with van der Waals surface area (Å²) in [6.07, 6.45) is 2.33. The number of nitrogens with zero attached hydrogens (tertiary/aromatic N) is 1. The number of H-pyrrole nitrogens is 1. The van der Waals surface area contributed by atoms with Crippen LogP contribution in [-0.4, -0.2) is 15.8 Å². The van der Waals surface area contributed by atoms with Gasteiger partial charge in [-0.25, -0.2) is 4.98 Å². The fraction of sp³-hybridized carbons (Fsp3) is 0.375. The molecule has 0 bridgehead atoms. The monoisotopic (exact) mass is 166 g/mol. The van der Waals surface area contributed by atoms with Crippen LogP contribution in [0, 0.1) is 0 Å². The third kappa shape index (κ3) is 2.65. The largest absolute Gasteiger partial charge is 0.313 e. The normalized spacial score (nSPS) is 9.75. The molecule has 0 saturated carbocycles. The van der Waals surface area contributed by atoms with Gasteiger partial charge in [-0.2, -0.15) is 0 Å². The van der Waals surface area contributed by atoms with Gasteiger partial charge in [-0.15, -0.1) is 0 Å². The molecule has 0 radical (unpaired) electrons. The van der Waals surface area contributed by atoms with Gasteiger partial charge in [0.15, 0.2) is 0 Å². The molecule has 0 unspecified atom stereocenters. The van der Waals surface area contributed by atoms with Gasteiger partial charge in [-0.3, -0.25) is 4.79 Å². The van der Waals surface area contributed by atoms with Gasteiger partial charge in [-0.1, -0.05) is 0 Å². The number of carbonyl (C=O) groups excluding carboxylic acids is 1. The summed E-state index contributed by atoms with van der Waals surface area (Å²) in [7, 11) is 0. The van der Waals surface area contributed by atoms with E-state index in [0.717, 1.165) is 0 Å². The van der Waals surface area contributed by atoms with Crippen LogP contribution in [0.3, 0.4) is 0 Å². The Balaban J connectivity index is 2.64. The standard InChI is InChI=1S/C8H10N2O2/c1-6(11)2-3-7-4-8(12)10-5-9-7/h4-5H,2-3H2,1H3,(H,9,10,12). The molecule has 1 N–H and O–H groups in total. The number of carbonyl (C=O) groups is 1. The van der Waals surface area contributed by atoms with Crippen LogP contribution in [0.4, 0.5) is 0 Å². The minimum Gasteiger partial charge on any atom is -0.313 e. The van der Waals surface area contributed by atoms with Crippen molar-refractivity contribution in [2.75, 3.05) is 0 Å². The van der Waals surface area contributed by atoms with E-state index >= 15 is 0 Å². The lowest BCUT2D eigenvalue weighted by Gasteiger charge is -1.94. The summed E-state index contributed by atoms with van der Waals surface area (Å²) in [5.41, 5.74) is 0.484. The molecular formula is C8H10N2O2. The Morgan fingerprint density at radius 3 is 3.00 bits per heavy atom. The van der Waals surface area contributed by atoms with Crippen LogP contribution in [0.2, 0.25) is 0 Å². The summed E-state index contributed by atoms with van der Waals surface area (Å²) in [5.74, 6) is 0.108. The zero-order valence-corrected chi connectivity index (χ0v) is 6.83. The number of ketones is 1. The highest BCUT2D eigenvalue weighted by Crippen LogP contribution is 1.94. The number of aromatic amines is 1. The maximum Gasteiger partial charge on any atom is 0.250 e. The number of nitrogens with one attached hydrogen (secondary N) is 1. The molecule has 0 aliphatic heterocycles. The van der Waals surface area contributed by atoms with E-state index in [4.69, 9.17) is 0 Å². The molecule has 64 valence electrons. The summed E-state index contributed by atoms with van der Waals surface area (Å²) in [6, 6.07) is 1.41. The Bertz CT molecular complexity index is 330. The second-order valence-corrected chi connectivity index (χ2v) is 2.60. The Kier molecular flexibility index (Phi) is 2.74. The molecule has 1 aromatic rings. The number of hydrogen-bond donors (Lipinski definition) is 1. The molecule has 0 amide bonds. The molecular weight excluding hydrogens is 156 g/mol. The van der Waals surface area contributed by atoms with Gasteiger partial charge in [0.05, 0.1) is 6.33 Å². The first-order chi connectivity index (χ1) is 5.68. The van der Waals surface area contributed by atoms with Crippen molar-refractivity contribution in [1.82, 2.24) is 9.97 Å². The first kappa shape index (κ1) is 8.64. The van der Waals surface area contributed by atoms with Gasteiger partial charge in [-0.05, 0) is 13.3 Å². The third-order valence-corrected chi connectivity index (χ3v) is 1.47. The van der Waals surface area contributed by atoms with E-state index in [1.807, 2.05) is 0 Å². The number of aryl methyl sites for hydroxylation is 1. The highest BCUT2D eigenvalue weighted by atomic mass is 16.1. The lowest BCUT2D eigenvalue weighted by molar-refractivity contribution is -0.116. The number of rotatable bonds is 3. The summed E-state index contributed by atoms with van der Waals surface area (Å²) in [5, 5.41) is 0. The number of aromatic nitrogens is 2. The van der Waals surface area contributed by atoms with Crippen molar-refractivity contribution in [3.05, 3.63) is 28.4 Å². The zero-order chi connectivity index (χ0) is 8.97. The first-order valence-electron chi connectivity index (χ1n) is 3.71. The molecule has 0 aromatic carbocycles. The first-order valence-corrected chi connectivity index (χ1v) is 3.71. The zero-order valence-electron chi connectivity index (χ0n) is 6.83. The van der Waals surface area contributed by atoms with Crippen molar-refractivity contribution in [3.63, 3.8) is 0 Å². The lowest BCUT2D eigenvalue weighted by Crippen LogP contribution is -2.07. The quantitative estimate of drug-likeness (QED) is 0.702. The van der Waals surface area contributed by atoms with E-state index in [1.54, 1.807) is 0 Å². The lowest BCUT2D eigenvalue weighted by atomic mass is 10.2. The average Bonchev–Trinajstić information content (AvgIpc) is 2.01. The molecule has 0 saturated heterocycles. The topological polar surface area (TPSA) is 62.8 Å². The van der Waals surface area contributed by atoms with Crippen LogP contribution >= 0.6 is 0 Å². The fourth-order valence-corrected chi connectivity index (χ4v) is 0.850. The molecule has 0 aliphatic rings. The van der Waals surface area contributed by atoms with E-state index in [1.165, 1.54) is 19.3 Å². The van der Waals surface area contributed by atoms with Crippen LogP contribution < -0.4 is 5.56 Å². The van der Waals surface area contributed by atoms with Crippen LogP contribution in [0.1, 0.15) is 19.0 Å². The van der Waals surface area contributed by atoms with Crippen molar-refractivity contribution in [2.24, 2.45) is 0 Å². The van der Waals surface area contributed by atoms with Crippen molar-refractivity contribution < 1.29 is 4.79 Å². The molecule has 1 rings (SSSR count). The van der Waals surface area contributed by atoms with E-state index in [-0.39, 0.29) is 11.3 Å². The van der Waals surface area contributed by atoms with Crippen molar-refractivity contribution >= 4 is 5.78 Å². The van der Waals surface area contributed by atoms with E-state index < -0.39 is 0 Å². The maximum absolute atomic E-state index is 10.8. The Morgan fingerprint density at radius 2 is 2.42 bits per heavy atom. The smallest absolute Gasteiger partial charge is 0.250 e. The minimum atomic E-state index is -0.177.